The smallest absolute Gasteiger partial charge is 0.315 e. The largest absolute Gasteiger partial charge is 0.374 e. The SMILES string of the molecule is CN1CCOC(CNC(=O)NC(C)(C)C)C1. The van der Waals surface area contributed by atoms with Gasteiger partial charge in [-0.2, -0.15) is 0 Å². The van der Waals surface area contributed by atoms with Crippen LogP contribution in [0.2, 0.25) is 0 Å². The second kappa shape index (κ2) is 5.50. The zero-order valence-electron chi connectivity index (χ0n) is 10.7. The summed E-state index contributed by atoms with van der Waals surface area (Å²) in [5, 5.41) is 5.68. The van der Waals surface area contributed by atoms with Crippen LogP contribution in [0.3, 0.4) is 0 Å². The summed E-state index contributed by atoms with van der Waals surface area (Å²) in [6, 6.07) is -0.135. The highest BCUT2D eigenvalue weighted by molar-refractivity contribution is 5.74. The van der Waals surface area contributed by atoms with Crippen molar-refractivity contribution in [3.05, 3.63) is 0 Å². The molecule has 1 atom stereocenters. The lowest BCUT2D eigenvalue weighted by molar-refractivity contribution is -0.0168. The first-order valence-corrected chi connectivity index (χ1v) is 5.73. The van der Waals surface area contributed by atoms with E-state index in [1.165, 1.54) is 0 Å². The lowest BCUT2D eigenvalue weighted by atomic mass is 10.1. The third kappa shape index (κ3) is 5.32. The zero-order valence-corrected chi connectivity index (χ0v) is 10.7. The molecule has 1 heterocycles. The lowest BCUT2D eigenvalue weighted by Gasteiger charge is -2.30. The van der Waals surface area contributed by atoms with Gasteiger partial charge in [0.05, 0.1) is 12.7 Å². The minimum atomic E-state index is -0.200. The van der Waals surface area contributed by atoms with Crippen LogP contribution in [0.5, 0.6) is 0 Å². The molecule has 1 rings (SSSR count). The molecule has 1 saturated heterocycles. The molecule has 0 saturated carbocycles. The Kier molecular flexibility index (Phi) is 4.56. The number of amides is 2. The average molecular weight is 229 g/mol. The average Bonchev–Trinajstić information content (AvgIpc) is 2.12. The van der Waals surface area contributed by atoms with E-state index in [0.29, 0.717) is 6.54 Å². The van der Waals surface area contributed by atoms with Gasteiger partial charge in [0.2, 0.25) is 0 Å². The number of carbonyl (C=O) groups is 1. The molecule has 2 N–H and O–H groups in total. The van der Waals surface area contributed by atoms with Crippen LogP contribution in [0.4, 0.5) is 4.79 Å². The third-order valence-electron chi connectivity index (χ3n) is 2.32. The second-order valence-electron chi connectivity index (χ2n) is 5.34. The highest BCUT2D eigenvalue weighted by Gasteiger charge is 2.19. The summed E-state index contributed by atoms with van der Waals surface area (Å²) in [6.45, 7) is 9.00. The Labute approximate surface area is 97.5 Å². The highest BCUT2D eigenvalue weighted by atomic mass is 16.5. The van der Waals surface area contributed by atoms with Crippen LogP contribution in [0.15, 0.2) is 0 Å². The number of likely N-dealkylation sites (N-methyl/N-ethyl adjacent to an activating group) is 1. The summed E-state index contributed by atoms with van der Waals surface area (Å²) in [6.07, 6.45) is 0.101. The van der Waals surface area contributed by atoms with Crippen molar-refractivity contribution in [2.75, 3.05) is 33.3 Å². The van der Waals surface area contributed by atoms with E-state index in [1.54, 1.807) is 0 Å². The van der Waals surface area contributed by atoms with Crippen LogP contribution >= 0.6 is 0 Å². The van der Waals surface area contributed by atoms with Crippen molar-refractivity contribution in [2.45, 2.75) is 32.4 Å². The molecule has 16 heavy (non-hydrogen) atoms. The fourth-order valence-electron chi connectivity index (χ4n) is 1.58. The van der Waals surface area contributed by atoms with Gasteiger partial charge < -0.3 is 20.3 Å². The van der Waals surface area contributed by atoms with E-state index >= 15 is 0 Å². The number of carbonyl (C=O) groups excluding carboxylic acids is 1. The minimum Gasteiger partial charge on any atom is -0.374 e. The molecular weight excluding hydrogens is 206 g/mol. The number of rotatable bonds is 2. The fourth-order valence-corrected chi connectivity index (χ4v) is 1.58. The van der Waals surface area contributed by atoms with Gasteiger partial charge in [0.1, 0.15) is 0 Å². The van der Waals surface area contributed by atoms with E-state index in [2.05, 4.69) is 22.6 Å². The maximum Gasteiger partial charge on any atom is 0.315 e. The van der Waals surface area contributed by atoms with Crippen molar-refractivity contribution >= 4 is 6.03 Å². The molecule has 0 radical (unpaired) electrons. The summed E-state index contributed by atoms with van der Waals surface area (Å²) in [4.78, 5) is 13.7. The quantitative estimate of drug-likeness (QED) is 0.721. The number of morpholine rings is 1. The van der Waals surface area contributed by atoms with E-state index in [9.17, 15) is 4.79 Å². The summed E-state index contributed by atoms with van der Waals surface area (Å²) in [7, 11) is 2.06. The van der Waals surface area contributed by atoms with Crippen molar-refractivity contribution < 1.29 is 9.53 Å². The molecule has 0 aliphatic carbocycles. The van der Waals surface area contributed by atoms with Crippen LogP contribution in [-0.2, 0) is 4.74 Å². The van der Waals surface area contributed by atoms with E-state index in [1.807, 2.05) is 20.8 Å². The first kappa shape index (κ1) is 13.3. The molecule has 0 spiro atoms. The van der Waals surface area contributed by atoms with E-state index < -0.39 is 0 Å². The predicted molar refractivity (Wildman–Crippen MR) is 63.5 cm³/mol. The Morgan fingerprint density at radius 2 is 2.19 bits per heavy atom. The standard InChI is InChI=1S/C11H23N3O2/c1-11(2,3)13-10(15)12-7-9-8-14(4)5-6-16-9/h9H,5-8H2,1-4H3,(H2,12,13,15). The third-order valence-corrected chi connectivity index (χ3v) is 2.32. The summed E-state index contributed by atoms with van der Waals surface area (Å²) in [5.41, 5.74) is -0.200. The minimum absolute atomic E-state index is 0.101. The Bertz CT molecular complexity index is 238. The monoisotopic (exact) mass is 229 g/mol. The molecule has 0 bridgehead atoms. The molecule has 1 aliphatic heterocycles. The number of nitrogens with one attached hydrogen (secondary N) is 2. The van der Waals surface area contributed by atoms with E-state index in [4.69, 9.17) is 4.74 Å². The normalized spacial score (nSPS) is 22.9. The summed E-state index contributed by atoms with van der Waals surface area (Å²) >= 11 is 0. The molecule has 5 heteroatoms. The molecule has 0 aromatic carbocycles. The van der Waals surface area contributed by atoms with E-state index in [-0.39, 0.29) is 17.7 Å². The Morgan fingerprint density at radius 3 is 2.75 bits per heavy atom. The zero-order chi connectivity index (χ0) is 12.2. The van der Waals surface area contributed by atoms with Crippen LogP contribution < -0.4 is 10.6 Å². The molecule has 1 unspecified atom stereocenters. The fraction of sp³-hybridized carbons (Fsp3) is 0.909. The van der Waals surface area contributed by atoms with Gasteiger partial charge in [0, 0.05) is 25.2 Å². The number of nitrogens with zero attached hydrogens (tertiary/aromatic N) is 1. The molecular formula is C11H23N3O2. The van der Waals surface area contributed by atoms with Gasteiger partial charge in [-0.05, 0) is 27.8 Å². The van der Waals surface area contributed by atoms with Gasteiger partial charge in [-0.25, -0.2) is 4.79 Å². The summed E-state index contributed by atoms with van der Waals surface area (Å²) in [5.74, 6) is 0. The van der Waals surface area contributed by atoms with Crippen LogP contribution in [0.25, 0.3) is 0 Å². The Hall–Kier alpha value is -0.810. The predicted octanol–water partition coefficient (Wildman–Crippen LogP) is 0.415. The first-order chi connectivity index (χ1) is 7.37. The molecule has 5 nitrogen and oxygen atoms in total. The number of urea groups is 1. The van der Waals surface area contributed by atoms with Crippen LogP contribution in [0, 0.1) is 0 Å². The second-order valence-corrected chi connectivity index (χ2v) is 5.34. The highest BCUT2D eigenvalue weighted by Crippen LogP contribution is 2.02. The molecule has 94 valence electrons. The topological polar surface area (TPSA) is 53.6 Å². The van der Waals surface area contributed by atoms with Gasteiger partial charge in [-0.1, -0.05) is 0 Å². The number of hydrogen-bond donors (Lipinski definition) is 2. The van der Waals surface area contributed by atoms with Crippen LogP contribution in [-0.4, -0.2) is 55.9 Å². The van der Waals surface area contributed by atoms with Gasteiger partial charge in [0.25, 0.3) is 0 Å². The molecule has 1 aliphatic rings. The maximum atomic E-state index is 11.5. The van der Waals surface area contributed by atoms with Crippen molar-refractivity contribution in [3.63, 3.8) is 0 Å². The summed E-state index contributed by atoms with van der Waals surface area (Å²) < 4.78 is 5.54. The van der Waals surface area contributed by atoms with Gasteiger partial charge in [0.15, 0.2) is 0 Å². The maximum absolute atomic E-state index is 11.5. The molecule has 0 aromatic rings. The van der Waals surface area contributed by atoms with Crippen molar-refractivity contribution in [1.29, 1.82) is 0 Å². The van der Waals surface area contributed by atoms with Crippen molar-refractivity contribution in [3.8, 4) is 0 Å². The van der Waals surface area contributed by atoms with E-state index in [0.717, 1.165) is 19.7 Å². The van der Waals surface area contributed by atoms with Gasteiger partial charge >= 0.3 is 6.03 Å². The Balaban J connectivity index is 2.21. The number of ether oxygens (including phenoxy) is 1. The van der Waals surface area contributed by atoms with Crippen molar-refractivity contribution in [2.24, 2.45) is 0 Å². The van der Waals surface area contributed by atoms with Gasteiger partial charge in [-0.3, -0.25) is 0 Å². The number of hydrogen-bond acceptors (Lipinski definition) is 3. The molecule has 1 fully saturated rings. The van der Waals surface area contributed by atoms with Crippen LogP contribution in [0.1, 0.15) is 20.8 Å². The van der Waals surface area contributed by atoms with Crippen molar-refractivity contribution in [1.82, 2.24) is 15.5 Å². The van der Waals surface area contributed by atoms with Gasteiger partial charge in [-0.15, -0.1) is 0 Å². The lowest BCUT2D eigenvalue weighted by Crippen LogP contribution is -2.51. The molecule has 2 amide bonds. The Morgan fingerprint density at radius 1 is 1.50 bits per heavy atom. The first-order valence-electron chi connectivity index (χ1n) is 5.73. The molecule has 0 aromatic heterocycles.